The summed E-state index contributed by atoms with van der Waals surface area (Å²) in [6.07, 6.45) is 1.45. The smallest absolute Gasteiger partial charge is 0.241 e. The minimum Gasteiger partial charge on any atom is -0.324 e. The van der Waals surface area contributed by atoms with E-state index >= 15 is 0 Å². The molecule has 2 aromatic carbocycles. The van der Waals surface area contributed by atoms with Crippen LogP contribution in [0.4, 0.5) is 5.69 Å². The number of carbonyl (C=O) groups excluding carboxylic acids is 1. The number of benzene rings is 2. The molecule has 2 aromatic rings. The zero-order valence-electron chi connectivity index (χ0n) is 12.6. The highest BCUT2D eigenvalue weighted by Crippen LogP contribution is 2.16. The first-order valence-electron chi connectivity index (χ1n) is 7.24. The van der Waals surface area contributed by atoms with Gasteiger partial charge in [0.05, 0.1) is 6.04 Å². The van der Waals surface area contributed by atoms with Gasteiger partial charge in [-0.1, -0.05) is 42.5 Å². The number of nitrogens with one attached hydrogen (secondary N) is 1. The molecule has 0 spiro atoms. The van der Waals surface area contributed by atoms with E-state index in [2.05, 4.69) is 17.4 Å². The molecule has 0 aliphatic heterocycles. The lowest BCUT2D eigenvalue weighted by Crippen LogP contribution is -2.36. The van der Waals surface area contributed by atoms with Crippen molar-refractivity contribution in [3.63, 3.8) is 0 Å². The van der Waals surface area contributed by atoms with E-state index in [-0.39, 0.29) is 5.91 Å². The van der Waals surface area contributed by atoms with Gasteiger partial charge < -0.3 is 11.1 Å². The van der Waals surface area contributed by atoms with Gasteiger partial charge in [0.2, 0.25) is 5.91 Å². The fraction of sp³-hybridized carbons (Fsp3) is 0.278. The highest BCUT2D eigenvalue weighted by Gasteiger charge is 2.14. The predicted molar refractivity (Wildman–Crippen MR) is 87.3 cm³/mol. The Morgan fingerprint density at radius 3 is 2.57 bits per heavy atom. The topological polar surface area (TPSA) is 55.1 Å². The molecule has 1 atom stereocenters. The Labute approximate surface area is 126 Å². The number of hydrogen-bond acceptors (Lipinski definition) is 2. The molecular formula is C18H22N2O. The molecule has 21 heavy (non-hydrogen) atoms. The molecule has 0 bridgehead atoms. The van der Waals surface area contributed by atoms with Gasteiger partial charge in [-0.25, -0.2) is 0 Å². The average molecular weight is 282 g/mol. The first-order chi connectivity index (χ1) is 10.1. The van der Waals surface area contributed by atoms with Crippen molar-refractivity contribution in [1.82, 2.24) is 0 Å². The van der Waals surface area contributed by atoms with Crippen LogP contribution >= 0.6 is 0 Å². The normalized spacial score (nSPS) is 12.0. The second-order valence-electron chi connectivity index (χ2n) is 5.44. The van der Waals surface area contributed by atoms with Crippen LogP contribution in [0.5, 0.6) is 0 Å². The maximum absolute atomic E-state index is 12.2. The van der Waals surface area contributed by atoms with Crippen molar-refractivity contribution in [3.05, 3.63) is 65.2 Å². The number of nitrogens with two attached hydrogens (primary N) is 1. The van der Waals surface area contributed by atoms with Gasteiger partial charge in [-0.05, 0) is 49.4 Å². The molecule has 0 unspecified atom stereocenters. The second kappa shape index (κ2) is 7.04. The summed E-state index contributed by atoms with van der Waals surface area (Å²) in [7, 11) is 0. The third-order valence-electron chi connectivity index (χ3n) is 3.57. The van der Waals surface area contributed by atoms with Crippen molar-refractivity contribution in [2.24, 2.45) is 5.73 Å². The summed E-state index contributed by atoms with van der Waals surface area (Å²) in [6, 6.07) is 15.6. The lowest BCUT2D eigenvalue weighted by Gasteiger charge is -2.14. The van der Waals surface area contributed by atoms with Gasteiger partial charge in [0.25, 0.3) is 0 Å². The van der Waals surface area contributed by atoms with E-state index in [4.69, 9.17) is 5.73 Å². The summed E-state index contributed by atoms with van der Waals surface area (Å²) in [5, 5.41) is 2.92. The fourth-order valence-electron chi connectivity index (χ4n) is 2.19. The van der Waals surface area contributed by atoms with Crippen LogP contribution in [-0.2, 0) is 11.2 Å². The van der Waals surface area contributed by atoms with Crippen molar-refractivity contribution in [3.8, 4) is 0 Å². The number of aryl methyl sites for hydroxylation is 3. The zero-order valence-corrected chi connectivity index (χ0v) is 12.6. The molecule has 0 aromatic heterocycles. The molecule has 0 radical (unpaired) electrons. The van der Waals surface area contributed by atoms with Crippen LogP contribution in [-0.4, -0.2) is 11.9 Å². The number of carbonyl (C=O) groups is 1. The van der Waals surface area contributed by atoms with Gasteiger partial charge in [-0.2, -0.15) is 0 Å². The van der Waals surface area contributed by atoms with Gasteiger partial charge in [0.15, 0.2) is 0 Å². The van der Waals surface area contributed by atoms with Crippen LogP contribution in [0.2, 0.25) is 0 Å². The summed E-state index contributed by atoms with van der Waals surface area (Å²) >= 11 is 0. The van der Waals surface area contributed by atoms with Crippen LogP contribution in [0.1, 0.15) is 23.1 Å². The minimum atomic E-state index is -0.495. The van der Waals surface area contributed by atoms with E-state index in [1.54, 1.807) is 0 Å². The van der Waals surface area contributed by atoms with E-state index < -0.39 is 6.04 Å². The summed E-state index contributed by atoms with van der Waals surface area (Å²) in [5.41, 5.74) is 10.2. The molecular weight excluding hydrogens is 260 g/mol. The highest BCUT2D eigenvalue weighted by atomic mass is 16.2. The number of rotatable bonds is 5. The van der Waals surface area contributed by atoms with Crippen LogP contribution in [0, 0.1) is 13.8 Å². The molecule has 1 amide bonds. The largest absolute Gasteiger partial charge is 0.324 e. The number of anilines is 1. The monoisotopic (exact) mass is 282 g/mol. The molecule has 0 fully saturated rings. The van der Waals surface area contributed by atoms with E-state index in [1.165, 1.54) is 5.56 Å². The molecule has 3 heteroatoms. The quantitative estimate of drug-likeness (QED) is 0.884. The van der Waals surface area contributed by atoms with E-state index in [1.807, 2.05) is 50.2 Å². The van der Waals surface area contributed by atoms with E-state index in [0.717, 1.165) is 23.2 Å². The Bertz CT molecular complexity index is 608. The second-order valence-corrected chi connectivity index (χ2v) is 5.44. The van der Waals surface area contributed by atoms with Crippen molar-refractivity contribution in [2.75, 3.05) is 5.32 Å². The van der Waals surface area contributed by atoms with Crippen LogP contribution < -0.4 is 11.1 Å². The van der Waals surface area contributed by atoms with E-state index in [9.17, 15) is 4.79 Å². The maximum atomic E-state index is 12.2. The number of hydrogen-bond donors (Lipinski definition) is 2. The average Bonchev–Trinajstić information content (AvgIpc) is 2.49. The molecule has 3 nitrogen and oxygen atoms in total. The Kier molecular flexibility index (Phi) is 5.12. The number of amides is 1. The SMILES string of the molecule is Cc1ccc(C)c(NC(=O)[C@@H](N)CCc2ccccc2)c1. The Balaban J connectivity index is 1.92. The summed E-state index contributed by atoms with van der Waals surface area (Å²) in [6.45, 7) is 3.98. The molecule has 3 N–H and O–H groups in total. The van der Waals surface area contributed by atoms with Crippen molar-refractivity contribution in [1.29, 1.82) is 0 Å². The Morgan fingerprint density at radius 1 is 1.14 bits per heavy atom. The molecule has 110 valence electrons. The summed E-state index contributed by atoms with van der Waals surface area (Å²) in [4.78, 5) is 12.2. The lowest BCUT2D eigenvalue weighted by atomic mass is 10.0. The summed E-state index contributed by atoms with van der Waals surface area (Å²) < 4.78 is 0. The van der Waals surface area contributed by atoms with Gasteiger partial charge in [-0.15, -0.1) is 0 Å². The molecule has 0 saturated heterocycles. The van der Waals surface area contributed by atoms with Crippen molar-refractivity contribution >= 4 is 11.6 Å². The van der Waals surface area contributed by atoms with Crippen LogP contribution in [0.3, 0.4) is 0 Å². The predicted octanol–water partition coefficient (Wildman–Crippen LogP) is 3.20. The summed E-state index contributed by atoms with van der Waals surface area (Å²) in [5.74, 6) is -0.125. The van der Waals surface area contributed by atoms with Crippen molar-refractivity contribution in [2.45, 2.75) is 32.7 Å². The fourth-order valence-corrected chi connectivity index (χ4v) is 2.19. The minimum absolute atomic E-state index is 0.125. The molecule has 0 aliphatic carbocycles. The van der Waals surface area contributed by atoms with Gasteiger partial charge in [0.1, 0.15) is 0 Å². The van der Waals surface area contributed by atoms with Crippen LogP contribution in [0.25, 0.3) is 0 Å². The van der Waals surface area contributed by atoms with Gasteiger partial charge in [0, 0.05) is 5.69 Å². The lowest BCUT2D eigenvalue weighted by molar-refractivity contribution is -0.117. The Hall–Kier alpha value is -2.13. The first-order valence-corrected chi connectivity index (χ1v) is 7.24. The third kappa shape index (κ3) is 4.43. The molecule has 0 heterocycles. The van der Waals surface area contributed by atoms with Gasteiger partial charge >= 0.3 is 0 Å². The molecule has 0 saturated carbocycles. The standard InChI is InChI=1S/C18H22N2O/c1-13-8-9-14(2)17(12-13)20-18(21)16(19)11-10-15-6-4-3-5-7-15/h3-9,12,16H,10-11,19H2,1-2H3,(H,20,21)/t16-/m0/s1. The third-order valence-corrected chi connectivity index (χ3v) is 3.57. The van der Waals surface area contributed by atoms with Crippen LogP contribution in [0.15, 0.2) is 48.5 Å². The highest BCUT2D eigenvalue weighted by molar-refractivity contribution is 5.95. The zero-order chi connectivity index (χ0) is 15.2. The molecule has 2 rings (SSSR count). The van der Waals surface area contributed by atoms with Crippen molar-refractivity contribution < 1.29 is 4.79 Å². The maximum Gasteiger partial charge on any atom is 0.241 e. The van der Waals surface area contributed by atoms with Gasteiger partial charge in [-0.3, -0.25) is 4.79 Å². The Morgan fingerprint density at radius 2 is 1.86 bits per heavy atom. The molecule has 0 aliphatic rings. The first kappa shape index (κ1) is 15.3. The van der Waals surface area contributed by atoms with E-state index in [0.29, 0.717) is 6.42 Å².